The van der Waals surface area contributed by atoms with Crippen molar-refractivity contribution < 1.29 is 0 Å². The molecule has 0 fully saturated rings. The van der Waals surface area contributed by atoms with E-state index in [0.29, 0.717) is 6.04 Å². The Balaban J connectivity index is 1.99. The normalized spacial score (nSPS) is 18.9. The molecule has 0 saturated heterocycles. The Morgan fingerprint density at radius 3 is 2.81 bits per heavy atom. The minimum Gasteiger partial charge on any atom is -0.328 e. The average Bonchev–Trinajstić information content (AvgIpc) is 2.47. The summed E-state index contributed by atoms with van der Waals surface area (Å²) in [5.41, 5.74) is 8.85. The zero-order valence-electron chi connectivity index (χ0n) is 10.2. The molecule has 0 aliphatic carbocycles. The SMILES string of the molecule is CC(N)CCN1CCCc2ccccc2C1. The van der Waals surface area contributed by atoms with E-state index in [1.54, 1.807) is 0 Å². The van der Waals surface area contributed by atoms with Crippen molar-refractivity contribution in [2.45, 2.75) is 38.8 Å². The second kappa shape index (κ2) is 5.46. The highest BCUT2D eigenvalue weighted by molar-refractivity contribution is 5.27. The van der Waals surface area contributed by atoms with E-state index in [1.165, 1.54) is 30.5 Å². The van der Waals surface area contributed by atoms with Crippen molar-refractivity contribution in [1.29, 1.82) is 0 Å². The Bertz CT molecular complexity index is 333. The second-order valence-electron chi connectivity index (χ2n) is 4.91. The van der Waals surface area contributed by atoms with Crippen LogP contribution in [0.4, 0.5) is 0 Å². The summed E-state index contributed by atoms with van der Waals surface area (Å²) in [7, 11) is 0. The van der Waals surface area contributed by atoms with Gasteiger partial charge in [0.2, 0.25) is 0 Å². The summed E-state index contributed by atoms with van der Waals surface area (Å²) in [5.74, 6) is 0. The van der Waals surface area contributed by atoms with E-state index in [9.17, 15) is 0 Å². The number of rotatable bonds is 3. The molecule has 2 N–H and O–H groups in total. The summed E-state index contributed by atoms with van der Waals surface area (Å²) in [6.07, 6.45) is 3.60. The molecule has 1 unspecified atom stereocenters. The lowest BCUT2D eigenvalue weighted by atomic mass is 10.0. The van der Waals surface area contributed by atoms with Crippen LogP contribution in [0.5, 0.6) is 0 Å². The van der Waals surface area contributed by atoms with Crippen LogP contribution in [-0.2, 0) is 13.0 Å². The summed E-state index contributed by atoms with van der Waals surface area (Å²) < 4.78 is 0. The molecule has 2 heteroatoms. The van der Waals surface area contributed by atoms with Crippen LogP contribution in [0.3, 0.4) is 0 Å². The third-order valence-corrected chi connectivity index (χ3v) is 3.33. The van der Waals surface area contributed by atoms with Crippen LogP contribution in [0, 0.1) is 0 Å². The molecule has 0 amide bonds. The van der Waals surface area contributed by atoms with E-state index >= 15 is 0 Å². The number of nitrogens with two attached hydrogens (primary N) is 1. The lowest BCUT2D eigenvalue weighted by Crippen LogP contribution is -2.29. The summed E-state index contributed by atoms with van der Waals surface area (Å²) in [4.78, 5) is 2.54. The number of fused-ring (bicyclic) bond motifs is 1. The number of aryl methyl sites for hydroxylation is 1. The van der Waals surface area contributed by atoms with E-state index in [-0.39, 0.29) is 0 Å². The number of hydrogen-bond donors (Lipinski definition) is 1. The summed E-state index contributed by atoms with van der Waals surface area (Å²) in [6.45, 7) is 5.53. The van der Waals surface area contributed by atoms with Crippen LogP contribution in [0.25, 0.3) is 0 Å². The molecular formula is C14H22N2. The Morgan fingerprint density at radius 1 is 1.31 bits per heavy atom. The van der Waals surface area contributed by atoms with Gasteiger partial charge in [-0.25, -0.2) is 0 Å². The molecule has 0 bridgehead atoms. The van der Waals surface area contributed by atoms with E-state index in [1.807, 2.05) is 0 Å². The topological polar surface area (TPSA) is 29.3 Å². The van der Waals surface area contributed by atoms with Crippen LogP contribution < -0.4 is 5.73 Å². The van der Waals surface area contributed by atoms with Gasteiger partial charge in [-0.15, -0.1) is 0 Å². The van der Waals surface area contributed by atoms with Crippen LogP contribution >= 0.6 is 0 Å². The van der Waals surface area contributed by atoms with Crippen molar-refractivity contribution in [3.8, 4) is 0 Å². The maximum atomic E-state index is 5.82. The minimum absolute atomic E-state index is 0.318. The van der Waals surface area contributed by atoms with Gasteiger partial charge in [0, 0.05) is 12.6 Å². The maximum absolute atomic E-state index is 5.82. The van der Waals surface area contributed by atoms with Crippen molar-refractivity contribution in [3.05, 3.63) is 35.4 Å². The first-order chi connectivity index (χ1) is 7.75. The molecule has 2 rings (SSSR count). The van der Waals surface area contributed by atoms with E-state index in [2.05, 4.69) is 36.1 Å². The number of nitrogens with zero attached hydrogens (tertiary/aromatic N) is 1. The predicted octanol–water partition coefficient (Wildman–Crippen LogP) is 2.17. The molecule has 0 radical (unpaired) electrons. The zero-order valence-corrected chi connectivity index (χ0v) is 10.2. The standard InChI is InChI=1S/C14H22N2/c1-12(15)8-10-16-9-4-7-13-5-2-3-6-14(13)11-16/h2-3,5-6,12H,4,7-11,15H2,1H3. The Morgan fingerprint density at radius 2 is 2.06 bits per heavy atom. The summed E-state index contributed by atoms with van der Waals surface area (Å²) >= 11 is 0. The molecule has 1 aliphatic rings. The molecule has 0 saturated carbocycles. The molecule has 2 nitrogen and oxygen atoms in total. The Kier molecular flexibility index (Phi) is 3.97. The first kappa shape index (κ1) is 11.6. The highest BCUT2D eigenvalue weighted by Gasteiger charge is 2.13. The molecule has 1 atom stereocenters. The van der Waals surface area contributed by atoms with Crippen molar-refractivity contribution >= 4 is 0 Å². The van der Waals surface area contributed by atoms with Crippen LogP contribution in [0.2, 0.25) is 0 Å². The fourth-order valence-corrected chi connectivity index (χ4v) is 2.35. The highest BCUT2D eigenvalue weighted by Crippen LogP contribution is 2.18. The van der Waals surface area contributed by atoms with Gasteiger partial charge in [-0.2, -0.15) is 0 Å². The van der Waals surface area contributed by atoms with Crippen LogP contribution in [-0.4, -0.2) is 24.0 Å². The van der Waals surface area contributed by atoms with Crippen molar-refractivity contribution in [3.63, 3.8) is 0 Å². The fourth-order valence-electron chi connectivity index (χ4n) is 2.35. The summed E-state index contributed by atoms with van der Waals surface area (Å²) in [6, 6.07) is 9.15. The van der Waals surface area contributed by atoms with Crippen molar-refractivity contribution in [2.75, 3.05) is 13.1 Å². The molecule has 1 aromatic rings. The van der Waals surface area contributed by atoms with Gasteiger partial charge in [0.25, 0.3) is 0 Å². The largest absolute Gasteiger partial charge is 0.328 e. The molecule has 1 aliphatic heterocycles. The molecule has 0 aromatic heterocycles. The fraction of sp³-hybridized carbons (Fsp3) is 0.571. The molecule has 16 heavy (non-hydrogen) atoms. The molecule has 0 spiro atoms. The smallest absolute Gasteiger partial charge is 0.0236 e. The lowest BCUT2D eigenvalue weighted by molar-refractivity contribution is 0.260. The third-order valence-electron chi connectivity index (χ3n) is 3.33. The van der Waals surface area contributed by atoms with Crippen molar-refractivity contribution in [2.24, 2.45) is 5.73 Å². The van der Waals surface area contributed by atoms with E-state index < -0.39 is 0 Å². The first-order valence-electron chi connectivity index (χ1n) is 6.30. The van der Waals surface area contributed by atoms with Gasteiger partial charge < -0.3 is 5.73 Å². The molecular weight excluding hydrogens is 196 g/mol. The quantitative estimate of drug-likeness (QED) is 0.842. The number of hydrogen-bond acceptors (Lipinski definition) is 2. The zero-order chi connectivity index (χ0) is 11.4. The monoisotopic (exact) mass is 218 g/mol. The maximum Gasteiger partial charge on any atom is 0.0236 e. The molecule has 88 valence electrons. The predicted molar refractivity (Wildman–Crippen MR) is 68.3 cm³/mol. The highest BCUT2D eigenvalue weighted by atomic mass is 15.1. The van der Waals surface area contributed by atoms with Crippen LogP contribution in [0.15, 0.2) is 24.3 Å². The second-order valence-corrected chi connectivity index (χ2v) is 4.91. The Labute approximate surface area is 98.4 Å². The van der Waals surface area contributed by atoms with Gasteiger partial charge in [0.05, 0.1) is 0 Å². The summed E-state index contributed by atoms with van der Waals surface area (Å²) in [5, 5.41) is 0. The first-order valence-corrected chi connectivity index (χ1v) is 6.30. The van der Waals surface area contributed by atoms with Gasteiger partial charge in [-0.1, -0.05) is 24.3 Å². The molecule has 1 heterocycles. The van der Waals surface area contributed by atoms with Gasteiger partial charge in [0.1, 0.15) is 0 Å². The average molecular weight is 218 g/mol. The third kappa shape index (κ3) is 3.06. The minimum atomic E-state index is 0.318. The van der Waals surface area contributed by atoms with E-state index in [0.717, 1.165) is 19.5 Å². The molecule has 1 aromatic carbocycles. The van der Waals surface area contributed by atoms with Gasteiger partial charge >= 0.3 is 0 Å². The van der Waals surface area contributed by atoms with Gasteiger partial charge in [0.15, 0.2) is 0 Å². The van der Waals surface area contributed by atoms with E-state index in [4.69, 9.17) is 5.73 Å². The van der Waals surface area contributed by atoms with Gasteiger partial charge in [-0.3, -0.25) is 4.90 Å². The van der Waals surface area contributed by atoms with Crippen molar-refractivity contribution in [1.82, 2.24) is 4.90 Å². The van der Waals surface area contributed by atoms with Gasteiger partial charge in [-0.05, 0) is 50.4 Å². The lowest BCUT2D eigenvalue weighted by Gasteiger charge is -2.21. The Hall–Kier alpha value is -0.860. The van der Waals surface area contributed by atoms with Crippen LogP contribution in [0.1, 0.15) is 30.9 Å². The number of benzene rings is 1.